The highest BCUT2D eigenvalue weighted by molar-refractivity contribution is 5.99. The molecule has 7 nitrogen and oxygen atoms in total. The first-order valence-corrected chi connectivity index (χ1v) is 6.76. The lowest BCUT2D eigenvalue weighted by Gasteiger charge is -2.32. The SMILES string of the molecule is C=CC[C@@H](CNC(C(=O)OC)C(=O)OC)C1(C)OCCO1. The summed E-state index contributed by atoms with van der Waals surface area (Å²) in [5, 5.41) is 2.85. The van der Waals surface area contributed by atoms with Crippen LogP contribution in [0.15, 0.2) is 12.7 Å². The molecule has 7 heteroatoms. The number of hydrogen-bond donors (Lipinski definition) is 1. The summed E-state index contributed by atoms with van der Waals surface area (Å²) in [7, 11) is 2.43. The van der Waals surface area contributed by atoms with Gasteiger partial charge in [0.1, 0.15) is 0 Å². The van der Waals surface area contributed by atoms with E-state index in [1.165, 1.54) is 14.2 Å². The fraction of sp³-hybridized carbons (Fsp3) is 0.714. The topological polar surface area (TPSA) is 83.1 Å². The van der Waals surface area contributed by atoms with Gasteiger partial charge in [0.2, 0.25) is 6.04 Å². The standard InChI is InChI=1S/C14H23NO6/c1-5-6-10(14(2)20-7-8-21-14)9-15-11(12(16)18-3)13(17)19-4/h5,10-11,15H,1,6-9H2,2-4H3/t10-/m0/s1. The van der Waals surface area contributed by atoms with Crippen molar-refractivity contribution in [2.45, 2.75) is 25.2 Å². The monoisotopic (exact) mass is 301 g/mol. The lowest BCUT2D eigenvalue weighted by Crippen LogP contribution is -2.50. The number of nitrogens with one attached hydrogen (secondary N) is 1. The van der Waals surface area contributed by atoms with Crippen LogP contribution in [0, 0.1) is 5.92 Å². The van der Waals surface area contributed by atoms with Gasteiger partial charge >= 0.3 is 11.9 Å². The Bertz CT molecular complexity index is 362. The Balaban J connectivity index is 2.71. The maximum absolute atomic E-state index is 11.6. The van der Waals surface area contributed by atoms with Crippen molar-refractivity contribution >= 4 is 11.9 Å². The van der Waals surface area contributed by atoms with Crippen LogP contribution in [0.1, 0.15) is 13.3 Å². The first-order valence-electron chi connectivity index (χ1n) is 6.76. The molecule has 120 valence electrons. The summed E-state index contributed by atoms with van der Waals surface area (Å²) in [6.07, 6.45) is 2.35. The molecule has 0 aliphatic carbocycles. The van der Waals surface area contributed by atoms with E-state index in [0.29, 0.717) is 26.2 Å². The first-order chi connectivity index (χ1) is 9.98. The van der Waals surface area contributed by atoms with Crippen molar-refractivity contribution in [2.24, 2.45) is 5.92 Å². The van der Waals surface area contributed by atoms with E-state index in [-0.39, 0.29) is 5.92 Å². The molecule has 1 aliphatic heterocycles. The molecule has 1 aliphatic rings. The quantitative estimate of drug-likeness (QED) is 0.391. The van der Waals surface area contributed by atoms with Crippen molar-refractivity contribution in [1.82, 2.24) is 5.32 Å². The molecule has 0 saturated carbocycles. The van der Waals surface area contributed by atoms with Gasteiger partial charge in [0.25, 0.3) is 0 Å². The van der Waals surface area contributed by atoms with Gasteiger partial charge in [-0.05, 0) is 13.3 Å². The number of rotatable bonds is 8. The van der Waals surface area contributed by atoms with Crippen molar-refractivity contribution in [1.29, 1.82) is 0 Å². The number of ether oxygens (including phenoxy) is 4. The second-order valence-corrected chi connectivity index (χ2v) is 4.82. The van der Waals surface area contributed by atoms with Crippen LogP contribution in [-0.4, -0.2) is 57.7 Å². The molecule has 1 heterocycles. The predicted octanol–water partition coefficient (Wildman–Crippen LogP) is 0.246. The predicted molar refractivity (Wildman–Crippen MR) is 74.4 cm³/mol. The molecule has 1 atom stereocenters. The minimum atomic E-state index is -1.17. The summed E-state index contributed by atoms with van der Waals surface area (Å²) in [6, 6.07) is -1.17. The molecule has 21 heavy (non-hydrogen) atoms. The molecule has 0 spiro atoms. The normalized spacial score (nSPS) is 18.3. The Morgan fingerprint density at radius 2 is 1.81 bits per heavy atom. The van der Waals surface area contributed by atoms with Crippen molar-refractivity contribution in [2.75, 3.05) is 34.0 Å². The van der Waals surface area contributed by atoms with E-state index in [2.05, 4.69) is 21.4 Å². The zero-order valence-corrected chi connectivity index (χ0v) is 12.7. The Kier molecular flexibility index (Phi) is 6.80. The fourth-order valence-electron chi connectivity index (χ4n) is 2.21. The van der Waals surface area contributed by atoms with E-state index in [1.807, 2.05) is 6.92 Å². The van der Waals surface area contributed by atoms with E-state index >= 15 is 0 Å². The third-order valence-electron chi connectivity index (χ3n) is 3.50. The van der Waals surface area contributed by atoms with E-state index in [4.69, 9.17) is 9.47 Å². The molecule has 0 aromatic carbocycles. The van der Waals surface area contributed by atoms with Crippen LogP contribution in [0.3, 0.4) is 0 Å². The number of carbonyl (C=O) groups excluding carboxylic acids is 2. The van der Waals surface area contributed by atoms with Crippen molar-refractivity contribution < 1.29 is 28.5 Å². The highest BCUT2D eigenvalue weighted by atomic mass is 16.7. The smallest absolute Gasteiger partial charge is 0.334 e. The van der Waals surface area contributed by atoms with Crippen LogP contribution in [0.2, 0.25) is 0 Å². The molecule has 0 unspecified atom stereocenters. The molecule has 1 N–H and O–H groups in total. The van der Waals surface area contributed by atoms with Crippen molar-refractivity contribution in [3.8, 4) is 0 Å². The Morgan fingerprint density at radius 1 is 1.29 bits per heavy atom. The van der Waals surface area contributed by atoms with Crippen LogP contribution in [0.25, 0.3) is 0 Å². The molecule has 1 rings (SSSR count). The lowest BCUT2D eigenvalue weighted by atomic mass is 9.95. The maximum Gasteiger partial charge on any atom is 0.334 e. The first kappa shape index (κ1) is 17.6. The van der Waals surface area contributed by atoms with Gasteiger partial charge in [-0.3, -0.25) is 5.32 Å². The summed E-state index contributed by atoms with van der Waals surface area (Å²) in [5.74, 6) is -2.26. The molecule has 1 saturated heterocycles. The number of allylic oxidation sites excluding steroid dienone is 1. The second-order valence-electron chi connectivity index (χ2n) is 4.82. The highest BCUT2D eigenvalue weighted by Crippen LogP contribution is 2.30. The minimum Gasteiger partial charge on any atom is -0.467 e. The van der Waals surface area contributed by atoms with Crippen LogP contribution in [-0.2, 0) is 28.5 Å². The largest absolute Gasteiger partial charge is 0.467 e. The highest BCUT2D eigenvalue weighted by Gasteiger charge is 2.40. The third kappa shape index (κ3) is 4.52. The summed E-state index contributed by atoms with van der Waals surface area (Å²) in [6.45, 7) is 6.89. The zero-order chi connectivity index (χ0) is 15.9. The zero-order valence-electron chi connectivity index (χ0n) is 12.7. The average molecular weight is 301 g/mol. The Labute approximate surface area is 124 Å². The molecule has 0 amide bonds. The Hall–Kier alpha value is -1.44. The van der Waals surface area contributed by atoms with Gasteiger partial charge in [-0.25, -0.2) is 9.59 Å². The second kappa shape index (κ2) is 8.11. The van der Waals surface area contributed by atoms with Gasteiger partial charge in [0.05, 0.1) is 27.4 Å². The molecule has 1 fully saturated rings. The fourth-order valence-corrected chi connectivity index (χ4v) is 2.21. The number of hydrogen-bond acceptors (Lipinski definition) is 7. The van der Waals surface area contributed by atoms with Crippen LogP contribution < -0.4 is 5.32 Å². The summed E-state index contributed by atoms with van der Waals surface area (Å²) < 4.78 is 20.4. The third-order valence-corrected chi connectivity index (χ3v) is 3.50. The summed E-state index contributed by atoms with van der Waals surface area (Å²) in [4.78, 5) is 23.2. The number of methoxy groups -OCH3 is 2. The molecule has 0 aromatic heterocycles. The molecule has 0 radical (unpaired) electrons. The van der Waals surface area contributed by atoms with Crippen LogP contribution in [0.4, 0.5) is 0 Å². The van der Waals surface area contributed by atoms with Gasteiger partial charge in [-0.2, -0.15) is 0 Å². The van der Waals surface area contributed by atoms with Gasteiger partial charge in [0, 0.05) is 12.5 Å². The Morgan fingerprint density at radius 3 is 2.24 bits per heavy atom. The van der Waals surface area contributed by atoms with Gasteiger partial charge in [-0.15, -0.1) is 6.58 Å². The summed E-state index contributed by atoms with van der Waals surface area (Å²) >= 11 is 0. The molecular formula is C14H23NO6. The van der Waals surface area contributed by atoms with Crippen molar-refractivity contribution in [3.05, 3.63) is 12.7 Å². The van der Waals surface area contributed by atoms with Crippen LogP contribution in [0.5, 0.6) is 0 Å². The van der Waals surface area contributed by atoms with E-state index in [9.17, 15) is 9.59 Å². The van der Waals surface area contributed by atoms with Crippen molar-refractivity contribution in [3.63, 3.8) is 0 Å². The number of esters is 2. The van der Waals surface area contributed by atoms with E-state index in [0.717, 1.165) is 0 Å². The summed E-state index contributed by atoms with van der Waals surface area (Å²) in [5.41, 5.74) is 0. The molecule has 0 aromatic rings. The molecule has 0 bridgehead atoms. The van der Waals surface area contributed by atoms with E-state index in [1.54, 1.807) is 6.08 Å². The van der Waals surface area contributed by atoms with Gasteiger partial charge in [0.15, 0.2) is 5.79 Å². The van der Waals surface area contributed by atoms with Crippen LogP contribution >= 0.6 is 0 Å². The lowest BCUT2D eigenvalue weighted by molar-refractivity contribution is -0.181. The van der Waals surface area contributed by atoms with Gasteiger partial charge in [-0.1, -0.05) is 6.08 Å². The van der Waals surface area contributed by atoms with Gasteiger partial charge < -0.3 is 18.9 Å². The average Bonchev–Trinajstić information content (AvgIpc) is 2.93. The minimum absolute atomic E-state index is 0.102. The molecular weight excluding hydrogens is 278 g/mol. The van der Waals surface area contributed by atoms with E-state index < -0.39 is 23.8 Å². The number of carbonyl (C=O) groups is 2. The maximum atomic E-state index is 11.6.